The van der Waals surface area contributed by atoms with Crippen LogP contribution in [0.5, 0.6) is 0 Å². The number of nitro benzene ring substituents is 1. The molecule has 1 aliphatic heterocycles. The highest BCUT2D eigenvalue weighted by molar-refractivity contribution is 5.87. The summed E-state index contributed by atoms with van der Waals surface area (Å²) in [4.78, 5) is 35.7. The van der Waals surface area contributed by atoms with E-state index in [2.05, 4.69) is 0 Å². The van der Waals surface area contributed by atoms with E-state index in [9.17, 15) is 24.8 Å². The molecular formula is C18H23N3O5. The predicted molar refractivity (Wildman–Crippen MR) is 93.3 cm³/mol. The van der Waals surface area contributed by atoms with Crippen LogP contribution in [-0.2, 0) is 10.5 Å². The molecule has 1 heterocycles. The molecule has 0 spiro atoms. The number of amides is 1. The molecule has 2 fully saturated rings. The first kappa shape index (κ1) is 18.5. The molecule has 8 heteroatoms. The van der Waals surface area contributed by atoms with Crippen molar-refractivity contribution in [3.63, 3.8) is 0 Å². The number of nitro groups is 1. The number of primary amides is 1. The van der Waals surface area contributed by atoms with E-state index in [0.29, 0.717) is 18.7 Å². The Kier molecular flexibility index (Phi) is 5.06. The molecular weight excluding hydrogens is 338 g/mol. The fraction of sp³-hybridized carbons (Fsp3) is 0.556. The van der Waals surface area contributed by atoms with Crippen LogP contribution in [0.3, 0.4) is 0 Å². The molecule has 3 N–H and O–H groups in total. The first-order chi connectivity index (χ1) is 12.4. The second-order valence-electron chi connectivity index (χ2n) is 7.13. The minimum Gasteiger partial charge on any atom is -0.366 e. The lowest BCUT2D eigenvalue weighted by atomic mass is 9.76. The van der Waals surface area contributed by atoms with Crippen molar-refractivity contribution < 1.29 is 19.6 Å². The fourth-order valence-electron chi connectivity index (χ4n) is 4.51. The number of carbonyl (C=O) groups is 2. The number of hydrogen-bond donors (Lipinski definition) is 2. The molecule has 2 aliphatic rings. The average Bonchev–Trinajstić information content (AvgIpc) is 2.66. The van der Waals surface area contributed by atoms with Crippen molar-refractivity contribution in [2.45, 2.75) is 50.3 Å². The van der Waals surface area contributed by atoms with Gasteiger partial charge in [-0.25, -0.2) is 0 Å². The Labute approximate surface area is 151 Å². The van der Waals surface area contributed by atoms with Gasteiger partial charge in [-0.3, -0.25) is 24.6 Å². The first-order valence-electron chi connectivity index (χ1n) is 8.92. The van der Waals surface area contributed by atoms with E-state index in [1.54, 1.807) is 4.90 Å². The van der Waals surface area contributed by atoms with Crippen LogP contribution in [0.1, 0.15) is 54.4 Å². The largest absolute Gasteiger partial charge is 0.366 e. The van der Waals surface area contributed by atoms with Crippen molar-refractivity contribution in [1.29, 1.82) is 0 Å². The van der Waals surface area contributed by atoms with Crippen molar-refractivity contribution in [3.8, 4) is 0 Å². The van der Waals surface area contributed by atoms with Gasteiger partial charge in [0, 0.05) is 24.2 Å². The number of nitrogens with zero attached hydrogens (tertiary/aromatic N) is 2. The van der Waals surface area contributed by atoms with Gasteiger partial charge in [-0.15, -0.1) is 0 Å². The quantitative estimate of drug-likeness (QED) is 0.467. The summed E-state index contributed by atoms with van der Waals surface area (Å²) >= 11 is 0. The second-order valence-corrected chi connectivity index (χ2v) is 7.13. The highest BCUT2D eigenvalue weighted by Crippen LogP contribution is 2.41. The Morgan fingerprint density at radius 1 is 1.31 bits per heavy atom. The number of rotatable bonds is 5. The van der Waals surface area contributed by atoms with Crippen molar-refractivity contribution in [1.82, 2.24) is 4.90 Å². The maximum absolute atomic E-state index is 12.3. The van der Waals surface area contributed by atoms with Crippen LogP contribution in [0.15, 0.2) is 18.2 Å². The lowest BCUT2D eigenvalue weighted by Crippen LogP contribution is -2.62. The summed E-state index contributed by atoms with van der Waals surface area (Å²) in [6, 6.07) is 3.67. The Hall–Kier alpha value is -2.32. The minimum absolute atomic E-state index is 0.0323. The Bertz CT molecular complexity index is 736. The van der Waals surface area contributed by atoms with Gasteiger partial charge in [-0.1, -0.05) is 12.8 Å². The van der Waals surface area contributed by atoms with E-state index < -0.39 is 16.6 Å². The monoisotopic (exact) mass is 361 g/mol. The first-order valence-corrected chi connectivity index (χ1v) is 8.92. The number of aliphatic hydroxyl groups is 1. The van der Waals surface area contributed by atoms with E-state index in [0.717, 1.165) is 44.6 Å². The summed E-state index contributed by atoms with van der Waals surface area (Å²) in [7, 11) is 0. The van der Waals surface area contributed by atoms with Crippen molar-refractivity contribution in [2.75, 3.05) is 6.54 Å². The number of fused-ring (bicyclic) bond motifs is 1. The zero-order valence-corrected chi connectivity index (χ0v) is 14.5. The van der Waals surface area contributed by atoms with E-state index in [4.69, 9.17) is 5.73 Å². The zero-order chi connectivity index (χ0) is 18.9. The standard InChI is InChI=1S/C18H23N3O5/c19-17(23)18(24,14-7-8-16(21(25)26)13(10-14)11-22)20-9-3-5-12-4-1-2-6-15(12)20/h7-8,10-12,15,24H,1-6,9H2,(H2,19,23). The van der Waals surface area contributed by atoms with Crippen LogP contribution in [0.2, 0.25) is 0 Å². The van der Waals surface area contributed by atoms with E-state index in [1.165, 1.54) is 12.1 Å². The molecule has 1 aromatic carbocycles. The topological polar surface area (TPSA) is 127 Å². The molecule has 1 aromatic rings. The molecule has 3 atom stereocenters. The van der Waals surface area contributed by atoms with Crippen molar-refractivity contribution in [2.24, 2.45) is 11.7 Å². The number of nitrogens with two attached hydrogens (primary N) is 1. The second kappa shape index (κ2) is 7.13. The molecule has 1 saturated carbocycles. The number of carbonyl (C=O) groups excluding carboxylic acids is 2. The van der Waals surface area contributed by atoms with Crippen LogP contribution in [0, 0.1) is 16.0 Å². The van der Waals surface area contributed by atoms with Crippen molar-refractivity contribution in [3.05, 3.63) is 39.4 Å². The molecule has 8 nitrogen and oxygen atoms in total. The van der Waals surface area contributed by atoms with Crippen LogP contribution < -0.4 is 5.73 Å². The molecule has 3 unspecified atom stereocenters. The third-order valence-corrected chi connectivity index (χ3v) is 5.76. The summed E-state index contributed by atoms with van der Waals surface area (Å²) in [6.07, 6.45) is 6.32. The lowest BCUT2D eigenvalue weighted by molar-refractivity contribution is -0.385. The third-order valence-electron chi connectivity index (χ3n) is 5.76. The zero-order valence-electron chi connectivity index (χ0n) is 14.5. The summed E-state index contributed by atoms with van der Waals surface area (Å²) < 4.78 is 0. The van der Waals surface area contributed by atoms with Gasteiger partial charge in [0.25, 0.3) is 11.6 Å². The number of piperidine rings is 1. The molecule has 3 rings (SSSR count). The van der Waals surface area contributed by atoms with Gasteiger partial charge in [0.05, 0.1) is 10.5 Å². The number of hydrogen-bond acceptors (Lipinski definition) is 6. The van der Waals surface area contributed by atoms with E-state index >= 15 is 0 Å². The molecule has 0 radical (unpaired) electrons. The predicted octanol–water partition coefficient (Wildman–Crippen LogP) is 1.69. The Morgan fingerprint density at radius 3 is 2.65 bits per heavy atom. The molecule has 0 bridgehead atoms. The number of aldehydes is 1. The summed E-state index contributed by atoms with van der Waals surface area (Å²) in [5.74, 6) is -0.540. The van der Waals surface area contributed by atoms with Crippen LogP contribution in [-0.4, -0.2) is 39.7 Å². The van der Waals surface area contributed by atoms with Crippen LogP contribution in [0.4, 0.5) is 5.69 Å². The normalized spacial score (nSPS) is 25.7. The number of benzene rings is 1. The van der Waals surface area contributed by atoms with Gasteiger partial charge in [0.15, 0.2) is 6.29 Å². The summed E-state index contributed by atoms with van der Waals surface area (Å²) in [6.45, 7) is 0.508. The maximum atomic E-state index is 12.3. The summed E-state index contributed by atoms with van der Waals surface area (Å²) in [5, 5.41) is 22.4. The van der Waals surface area contributed by atoms with Crippen LogP contribution in [0.25, 0.3) is 0 Å². The SMILES string of the molecule is NC(=O)C(O)(c1ccc([N+](=O)[O-])c(C=O)c1)N1CCCC2CCCCC21. The van der Waals surface area contributed by atoms with E-state index in [-0.39, 0.29) is 22.9 Å². The molecule has 1 saturated heterocycles. The van der Waals surface area contributed by atoms with Gasteiger partial charge in [-0.05, 0) is 43.7 Å². The van der Waals surface area contributed by atoms with Crippen LogP contribution >= 0.6 is 0 Å². The lowest BCUT2D eigenvalue weighted by Gasteiger charge is -2.50. The van der Waals surface area contributed by atoms with Crippen molar-refractivity contribution >= 4 is 17.9 Å². The highest BCUT2D eigenvalue weighted by Gasteiger charge is 2.49. The van der Waals surface area contributed by atoms with Gasteiger partial charge in [0.2, 0.25) is 5.72 Å². The fourth-order valence-corrected chi connectivity index (χ4v) is 4.51. The summed E-state index contributed by atoms with van der Waals surface area (Å²) in [5.41, 5.74) is 3.04. The molecule has 140 valence electrons. The maximum Gasteiger partial charge on any atom is 0.279 e. The van der Waals surface area contributed by atoms with Gasteiger partial charge < -0.3 is 10.8 Å². The Balaban J connectivity index is 2.06. The highest BCUT2D eigenvalue weighted by atomic mass is 16.6. The molecule has 1 amide bonds. The van der Waals surface area contributed by atoms with Gasteiger partial charge in [0.1, 0.15) is 0 Å². The van der Waals surface area contributed by atoms with Gasteiger partial charge in [-0.2, -0.15) is 0 Å². The third kappa shape index (κ3) is 2.99. The molecule has 26 heavy (non-hydrogen) atoms. The van der Waals surface area contributed by atoms with Gasteiger partial charge >= 0.3 is 0 Å². The Morgan fingerprint density at radius 2 is 2.00 bits per heavy atom. The number of likely N-dealkylation sites (tertiary alicyclic amines) is 1. The smallest absolute Gasteiger partial charge is 0.279 e. The van der Waals surface area contributed by atoms with E-state index in [1.807, 2.05) is 0 Å². The minimum atomic E-state index is -2.09. The average molecular weight is 361 g/mol. The molecule has 1 aliphatic carbocycles. The molecule has 0 aromatic heterocycles.